The van der Waals surface area contributed by atoms with Crippen molar-refractivity contribution >= 4 is 11.3 Å². The summed E-state index contributed by atoms with van der Waals surface area (Å²) >= 11 is 1.87. The van der Waals surface area contributed by atoms with Crippen LogP contribution in [-0.2, 0) is 12.0 Å². The monoisotopic (exact) mass is 268 g/mol. The molecule has 0 aliphatic carbocycles. The Bertz CT molecular complexity index is 367. The van der Waals surface area contributed by atoms with Gasteiger partial charge >= 0.3 is 0 Å². The summed E-state index contributed by atoms with van der Waals surface area (Å²) in [5.41, 5.74) is 1.34. The molecule has 0 bridgehead atoms. The predicted octanol–water partition coefficient (Wildman–Crippen LogP) is 4.27. The lowest BCUT2D eigenvalue weighted by atomic mass is 9.85. The summed E-state index contributed by atoms with van der Waals surface area (Å²) in [5.74, 6) is 0.728. The lowest BCUT2D eigenvalue weighted by Crippen LogP contribution is -2.40. The predicted molar refractivity (Wildman–Crippen MR) is 81.3 cm³/mol. The van der Waals surface area contributed by atoms with Gasteiger partial charge in [0, 0.05) is 4.88 Å². The van der Waals surface area contributed by atoms with Gasteiger partial charge in [-0.3, -0.25) is 0 Å². The number of hydrogen-bond donors (Lipinski definition) is 1. The Hall–Kier alpha value is -0.410. The summed E-state index contributed by atoms with van der Waals surface area (Å²) in [6.07, 6.45) is 4.54. The number of nitrogens with one attached hydrogen (secondary N) is 1. The summed E-state index contributed by atoms with van der Waals surface area (Å²) in [7, 11) is 2.08. The van der Waals surface area contributed by atoms with Gasteiger partial charge in [-0.25, -0.2) is 4.98 Å². The molecule has 1 N–H and O–H groups in total. The van der Waals surface area contributed by atoms with Crippen LogP contribution in [0.4, 0.5) is 0 Å². The number of hydrogen-bond acceptors (Lipinski definition) is 3. The minimum absolute atomic E-state index is 0.0677. The van der Waals surface area contributed by atoms with Gasteiger partial charge in [-0.1, -0.05) is 34.1 Å². The van der Waals surface area contributed by atoms with Gasteiger partial charge < -0.3 is 5.32 Å². The first-order chi connectivity index (χ1) is 8.52. The van der Waals surface area contributed by atoms with Gasteiger partial charge in [0.15, 0.2) is 0 Å². The molecule has 0 saturated heterocycles. The van der Waals surface area contributed by atoms with Crippen molar-refractivity contribution in [3.8, 4) is 0 Å². The maximum absolute atomic E-state index is 4.89. The highest BCUT2D eigenvalue weighted by atomic mass is 32.1. The topological polar surface area (TPSA) is 24.9 Å². The van der Waals surface area contributed by atoms with Crippen LogP contribution in [0.5, 0.6) is 0 Å². The zero-order chi connectivity index (χ0) is 13.8. The van der Waals surface area contributed by atoms with Crippen molar-refractivity contribution in [3.05, 3.63) is 15.6 Å². The molecular formula is C15H28N2S. The van der Waals surface area contributed by atoms with Crippen molar-refractivity contribution in [1.29, 1.82) is 0 Å². The van der Waals surface area contributed by atoms with Crippen molar-refractivity contribution < 1.29 is 0 Å². The maximum atomic E-state index is 4.89. The van der Waals surface area contributed by atoms with E-state index in [1.807, 2.05) is 11.3 Å². The molecule has 2 atom stereocenters. The molecule has 104 valence electrons. The van der Waals surface area contributed by atoms with E-state index in [2.05, 4.69) is 47.0 Å². The Morgan fingerprint density at radius 1 is 1.33 bits per heavy atom. The third-order valence-corrected chi connectivity index (χ3v) is 5.33. The first kappa shape index (κ1) is 15.6. The Morgan fingerprint density at radius 3 is 2.39 bits per heavy atom. The summed E-state index contributed by atoms with van der Waals surface area (Å²) in [6.45, 7) is 11.3. The van der Waals surface area contributed by atoms with E-state index in [4.69, 9.17) is 4.98 Å². The molecule has 0 amide bonds. The van der Waals surface area contributed by atoms with E-state index in [9.17, 15) is 0 Å². The van der Waals surface area contributed by atoms with Crippen LogP contribution in [0.2, 0.25) is 0 Å². The zero-order valence-corrected chi connectivity index (χ0v) is 13.6. The largest absolute Gasteiger partial charge is 0.308 e. The van der Waals surface area contributed by atoms with E-state index in [0.29, 0.717) is 0 Å². The van der Waals surface area contributed by atoms with E-state index in [-0.39, 0.29) is 5.54 Å². The van der Waals surface area contributed by atoms with Crippen molar-refractivity contribution in [2.45, 2.75) is 65.8 Å². The van der Waals surface area contributed by atoms with Gasteiger partial charge in [-0.05, 0) is 39.2 Å². The molecular weight excluding hydrogens is 240 g/mol. The van der Waals surface area contributed by atoms with Crippen molar-refractivity contribution in [3.63, 3.8) is 0 Å². The van der Waals surface area contributed by atoms with Crippen LogP contribution in [0.25, 0.3) is 0 Å². The minimum Gasteiger partial charge on any atom is -0.308 e. The van der Waals surface area contributed by atoms with Crippen LogP contribution < -0.4 is 5.32 Å². The lowest BCUT2D eigenvalue weighted by molar-refractivity contribution is 0.266. The summed E-state index contributed by atoms with van der Waals surface area (Å²) < 4.78 is 0. The molecule has 1 rings (SSSR count). The number of rotatable bonds is 7. The molecule has 1 aromatic heterocycles. The van der Waals surface area contributed by atoms with E-state index in [1.165, 1.54) is 28.4 Å². The van der Waals surface area contributed by atoms with Crippen LogP contribution in [0.3, 0.4) is 0 Å². The van der Waals surface area contributed by atoms with E-state index >= 15 is 0 Å². The van der Waals surface area contributed by atoms with Gasteiger partial charge in [-0.15, -0.1) is 11.3 Å². The molecule has 1 heterocycles. The second-order valence-electron chi connectivity index (χ2n) is 5.28. The van der Waals surface area contributed by atoms with Gasteiger partial charge in [0.1, 0.15) is 5.01 Å². The molecule has 0 aliphatic rings. The molecule has 1 aromatic rings. The number of aromatic nitrogens is 1. The second-order valence-corrected chi connectivity index (χ2v) is 6.48. The molecule has 0 aliphatic heterocycles. The third-order valence-electron chi connectivity index (χ3n) is 4.11. The smallest absolute Gasteiger partial charge is 0.113 e. The second kappa shape index (κ2) is 6.67. The molecule has 0 fully saturated rings. The fraction of sp³-hybridized carbons (Fsp3) is 0.800. The molecule has 0 aromatic carbocycles. The Labute approximate surface area is 116 Å². The van der Waals surface area contributed by atoms with Crippen LogP contribution in [-0.4, -0.2) is 12.0 Å². The highest BCUT2D eigenvalue weighted by Gasteiger charge is 2.33. The SMILES string of the molecule is CCc1nc(C(CC)(CC(C)CC)NC)sc1C. The van der Waals surface area contributed by atoms with Gasteiger partial charge in [0.05, 0.1) is 11.2 Å². The first-order valence-electron chi connectivity index (χ1n) is 7.18. The molecule has 2 unspecified atom stereocenters. The standard InChI is InChI=1S/C15H28N2S/c1-7-11(4)10-15(9-3,16-6)14-17-13(8-2)12(5)18-14/h11,16H,7-10H2,1-6H3. The first-order valence-corrected chi connectivity index (χ1v) is 8.00. The molecule has 3 heteroatoms. The van der Waals surface area contributed by atoms with Crippen LogP contribution >= 0.6 is 11.3 Å². The average Bonchev–Trinajstić information content (AvgIpc) is 2.77. The molecule has 0 spiro atoms. The van der Waals surface area contributed by atoms with E-state index in [0.717, 1.165) is 18.8 Å². The normalized spacial score (nSPS) is 16.6. The minimum atomic E-state index is 0.0677. The maximum Gasteiger partial charge on any atom is 0.113 e. The average molecular weight is 268 g/mol. The summed E-state index contributed by atoms with van der Waals surface area (Å²) in [4.78, 5) is 6.27. The number of thiazole rings is 1. The highest BCUT2D eigenvalue weighted by molar-refractivity contribution is 7.11. The van der Waals surface area contributed by atoms with Gasteiger partial charge in [-0.2, -0.15) is 0 Å². The van der Waals surface area contributed by atoms with Crippen LogP contribution in [0.15, 0.2) is 0 Å². The molecule has 0 radical (unpaired) electrons. The number of nitrogens with zero attached hydrogens (tertiary/aromatic N) is 1. The van der Waals surface area contributed by atoms with Crippen LogP contribution in [0, 0.1) is 12.8 Å². The fourth-order valence-electron chi connectivity index (χ4n) is 2.47. The van der Waals surface area contributed by atoms with E-state index < -0.39 is 0 Å². The quantitative estimate of drug-likeness (QED) is 0.798. The molecule has 18 heavy (non-hydrogen) atoms. The highest BCUT2D eigenvalue weighted by Crippen LogP contribution is 2.36. The van der Waals surface area contributed by atoms with Gasteiger partial charge in [0.25, 0.3) is 0 Å². The Balaban J connectivity index is 3.09. The van der Waals surface area contributed by atoms with Gasteiger partial charge in [0.2, 0.25) is 0 Å². The third kappa shape index (κ3) is 3.12. The van der Waals surface area contributed by atoms with Crippen molar-refractivity contribution in [2.24, 2.45) is 5.92 Å². The molecule has 0 saturated carbocycles. The summed E-state index contributed by atoms with van der Waals surface area (Å²) in [6, 6.07) is 0. The lowest BCUT2D eigenvalue weighted by Gasteiger charge is -2.33. The Morgan fingerprint density at radius 2 is 2.00 bits per heavy atom. The number of aryl methyl sites for hydroxylation is 2. The van der Waals surface area contributed by atoms with Crippen molar-refractivity contribution in [1.82, 2.24) is 10.3 Å². The molecule has 2 nitrogen and oxygen atoms in total. The van der Waals surface area contributed by atoms with E-state index in [1.54, 1.807) is 0 Å². The zero-order valence-electron chi connectivity index (χ0n) is 12.8. The Kier molecular flexibility index (Phi) is 5.80. The fourth-order valence-corrected chi connectivity index (χ4v) is 3.75. The van der Waals surface area contributed by atoms with Crippen LogP contribution in [0.1, 0.15) is 62.5 Å². The summed E-state index contributed by atoms with van der Waals surface area (Å²) in [5, 5.41) is 4.84. The van der Waals surface area contributed by atoms with Crippen molar-refractivity contribution in [2.75, 3.05) is 7.05 Å².